The van der Waals surface area contributed by atoms with Crippen LogP contribution >= 0.6 is 0 Å². The van der Waals surface area contributed by atoms with Crippen LogP contribution in [0, 0.1) is 5.92 Å². The van der Waals surface area contributed by atoms with E-state index in [1.165, 1.54) is 28.3 Å². The number of nitrogens with one attached hydrogen (secondary N) is 1. The highest BCUT2D eigenvalue weighted by molar-refractivity contribution is 7.89. The Hall–Kier alpha value is -1.41. The molecule has 1 aromatic heterocycles. The number of aryl methyl sites for hydroxylation is 1. The number of carbonyl (C=O) groups is 1. The summed E-state index contributed by atoms with van der Waals surface area (Å²) in [5, 5.41) is 6.69. The van der Waals surface area contributed by atoms with Crippen molar-refractivity contribution in [1.29, 1.82) is 0 Å². The first kappa shape index (κ1) is 15.0. The van der Waals surface area contributed by atoms with Crippen LogP contribution in [0.4, 0.5) is 0 Å². The van der Waals surface area contributed by atoms with E-state index < -0.39 is 10.0 Å². The molecule has 20 heavy (non-hydrogen) atoms. The topological polar surface area (TPSA) is 84.3 Å². The second kappa shape index (κ2) is 5.92. The molecule has 0 spiro atoms. The smallest absolute Gasteiger partial charge is 0.246 e. The van der Waals surface area contributed by atoms with Crippen molar-refractivity contribution in [2.75, 3.05) is 19.6 Å². The lowest BCUT2D eigenvalue weighted by atomic mass is 9.98. The van der Waals surface area contributed by atoms with Crippen LogP contribution < -0.4 is 5.32 Å². The summed E-state index contributed by atoms with van der Waals surface area (Å²) >= 11 is 0. The number of aromatic nitrogens is 2. The minimum absolute atomic E-state index is 0.0459. The summed E-state index contributed by atoms with van der Waals surface area (Å²) in [5.74, 6) is 0.301. The van der Waals surface area contributed by atoms with Gasteiger partial charge in [0.1, 0.15) is 4.90 Å². The lowest BCUT2D eigenvalue weighted by Gasteiger charge is -2.30. The van der Waals surface area contributed by atoms with Gasteiger partial charge in [0.25, 0.3) is 0 Å². The molecule has 8 heteroatoms. The van der Waals surface area contributed by atoms with Gasteiger partial charge in [0.2, 0.25) is 15.9 Å². The summed E-state index contributed by atoms with van der Waals surface area (Å²) in [5.41, 5.74) is 0. The van der Waals surface area contributed by atoms with Gasteiger partial charge < -0.3 is 5.32 Å². The molecule has 0 bridgehead atoms. The summed E-state index contributed by atoms with van der Waals surface area (Å²) in [6.07, 6.45) is 4.41. The molecule has 0 aliphatic carbocycles. The van der Waals surface area contributed by atoms with Crippen molar-refractivity contribution in [3.8, 4) is 0 Å². The van der Waals surface area contributed by atoms with Crippen molar-refractivity contribution >= 4 is 15.9 Å². The largest absolute Gasteiger partial charge is 0.356 e. The summed E-state index contributed by atoms with van der Waals surface area (Å²) in [7, 11) is -1.74. The molecule has 1 aliphatic rings. The summed E-state index contributed by atoms with van der Waals surface area (Å²) in [6.45, 7) is 3.08. The molecule has 2 heterocycles. The number of carbonyl (C=O) groups excluding carboxylic acids is 1. The summed E-state index contributed by atoms with van der Waals surface area (Å²) in [6, 6.07) is 0. The molecule has 1 aromatic rings. The molecule has 1 amide bonds. The fourth-order valence-electron chi connectivity index (χ4n) is 2.32. The van der Waals surface area contributed by atoms with Crippen molar-refractivity contribution in [3.05, 3.63) is 12.4 Å². The highest BCUT2D eigenvalue weighted by atomic mass is 32.2. The fraction of sp³-hybridized carbons (Fsp3) is 0.667. The first-order valence-electron chi connectivity index (χ1n) is 6.63. The van der Waals surface area contributed by atoms with Crippen LogP contribution in [0.3, 0.4) is 0 Å². The van der Waals surface area contributed by atoms with Gasteiger partial charge in [-0.05, 0) is 18.8 Å². The average Bonchev–Trinajstić information content (AvgIpc) is 2.84. The van der Waals surface area contributed by atoms with Gasteiger partial charge in [0.05, 0.1) is 6.20 Å². The highest BCUT2D eigenvalue weighted by Crippen LogP contribution is 2.23. The highest BCUT2D eigenvalue weighted by Gasteiger charge is 2.30. The predicted octanol–water partition coefficient (Wildman–Crippen LogP) is -0.0431. The minimum atomic E-state index is -3.43. The van der Waals surface area contributed by atoms with Gasteiger partial charge >= 0.3 is 0 Å². The van der Waals surface area contributed by atoms with Gasteiger partial charge in [-0.1, -0.05) is 0 Å². The maximum Gasteiger partial charge on any atom is 0.246 e. The third-order valence-corrected chi connectivity index (χ3v) is 5.38. The number of nitrogens with zero attached hydrogens (tertiary/aromatic N) is 3. The van der Waals surface area contributed by atoms with Gasteiger partial charge in [0.15, 0.2) is 0 Å². The predicted molar refractivity (Wildman–Crippen MR) is 73.4 cm³/mol. The molecular weight excluding hydrogens is 280 g/mol. The van der Waals surface area contributed by atoms with Crippen LogP contribution in [0.2, 0.25) is 0 Å². The molecule has 1 aliphatic heterocycles. The van der Waals surface area contributed by atoms with Gasteiger partial charge in [0, 0.05) is 39.8 Å². The van der Waals surface area contributed by atoms with Crippen molar-refractivity contribution < 1.29 is 13.2 Å². The minimum Gasteiger partial charge on any atom is -0.356 e. The van der Waals surface area contributed by atoms with E-state index in [1.807, 2.05) is 0 Å². The Balaban J connectivity index is 1.95. The lowest BCUT2D eigenvalue weighted by Crippen LogP contribution is -2.41. The zero-order valence-corrected chi connectivity index (χ0v) is 12.6. The van der Waals surface area contributed by atoms with E-state index in [0.717, 1.165) is 12.8 Å². The van der Waals surface area contributed by atoms with Crippen molar-refractivity contribution in [2.45, 2.75) is 24.7 Å². The van der Waals surface area contributed by atoms with Crippen LogP contribution in [-0.4, -0.2) is 48.0 Å². The second-order valence-corrected chi connectivity index (χ2v) is 7.07. The molecule has 2 rings (SSSR count). The molecule has 0 aromatic carbocycles. The van der Waals surface area contributed by atoms with Gasteiger partial charge in [-0.2, -0.15) is 9.40 Å². The molecule has 7 nitrogen and oxygen atoms in total. The quantitative estimate of drug-likeness (QED) is 0.845. The van der Waals surface area contributed by atoms with Gasteiger partial charge in [-0.25, -0.2) is 8.42 Å². The number of piperidine rings is 1. The van der Waals surface area contributed by atoms with Gasteiger partial charge in [-0.3, -0.25) is 9.48 Å². The molecule has 0 radical (unpaired) electrons. The Morgan fingerprint density at radius 2 is 2.10 bits per heavy atom. The molecule has 0 unspecified atom stereocenters. The van der Waals surface area contributed by atoms with Crippen molar-refractivity contribution in [3.63, 3.8) is 0 Å². The molecule has 0 atom stereocenters. The molecule has 1 N–H and O–H groups in total. The standard InChI is InChI=1S/C12H20N4O3S/c1-10(17)13-7-11-3-5-16(6-4-11)20(18,19)12-8-14-15(2)9-12/h8-9,11H,3-7H2,1-2H3,(H,13,17). The van der Waals surface area contributed by atoms with Crippen molar-refractivity contribution in [2.24, 2.45) is 13.0 Å². The van der Waals surface area contributed by atoms with E-state index in [1.54, 1.807) is 7.05 Å². The fourth-order valence-corrected chi connectivity index (χ4v) is 3.78. The molecular formula is C12H20N4O3S. The molecule has 1 saturated heterocycles. The molecule has 112 valence electrons. The Morgan fingerprint density at radius 1 is 1.45 bits per heavy atom. The van der Waals surface area contributed by atoms with Crippen LogP contribution in [0.5, 0.6) is 0 Å². The first-order chi connectivity index (χ1) is 9.39. The van der Waals surface area contributed by atoms with Crippen LogP contribution in [0.1, 0.15) is 19.8 Å². The van der Waals surface area contributed by atoms with Gasteiger partial charge in [-0.15, -0.1) is 0 Å². The van der Waals surface area contributed by atoms with Crippen LogP contribution in [0.25, 0.3) is 0 Å². The zero-order chi connectivity index (χ0) is 14.8. The van der Waals surface area contributed by atoms with E-state index in [0.29, 0.717) is 25.6 Å². The Bertz CT molecular complexity index is 573. The van der Waals surface area contributed by atoms with Crippen LogP contribution in [-0.2, 0) is 21.9 Å². The van der Waals surface area contributed by atoms with E-state index in [4.69, 9.17) is 0 Å². The summed E-state index contributed by atoms with van der Waals surface area (Å²) < 4.78 is 27.7. The van der Waals surface area contributed by atoms with E-state index in [-0.39, 0.29) is 10.8 Å². The van der Waals surface area contributed by atoms with Crippen LogP contribution in [0.15, 0.2) is 17.3 Å². The first-order valence-corrected chi connectivity index (χ1v) is 8.07. The zero-order valence-electron chi connectivity index (χ0n) is 11.7. The summed E-state index contributed by atoms with van der Waals surface area (Å²) in [4.78, 5) is 11.1. The second-order valence-electron chi connectivity index (χ2n) is 5.13. The number of rotatable bonds is 4. The SMILES string of the molecule is CC(=O)NCC1CCN(S(=O)(=O)c2cnn(C)c2)CC1. The Labute approximate surface area is 119 Å². The molecule has 1 fully saturated rings. The van der Waals surface area contributed by atoms with Crippen molar-refractivity contribution in [1.82, 2.24) is 19.4 Å². The number of hydrogen-bond donors (Lipinski definition) is 1. The number of amides is 1. The maximum absolute atomic E-state index is 12.4. The average molecular weight is 300 g/mol. The Kier molecular flexibility index (Phi) is 4.44. The molecule has 0 saturated carbocycles. The third-order valence-electron chi connectivity index (χ3n) is 3.53. The van der Waals surface area contributed by atoms with E-state index in [9.17, 15) is 13.2 Å². The van der Waals surface area contributed by atoms with E-state index in [2.05, 4.69) is 10.4 Å². The number of hydrogen-bond acceptors (Lipinski definition) is 4. The lowest BCUT2D eigenvalue weighted by molar-refractivity contribution is -0.119. The monoisotopic (exact) mass is 300 g/mol. The Morgan fingerprint density at radius 3 is 2.60 bits per heavy atom. The normalized spacial score (nSPS) is 18.1. The number of sulfonamides is 1. The van der Waals surface area contributed by atoms with E-state index >= 15 is 0 Å². The maximum atomic E-state index is 12.4. The third kappa shape index (κ3) is 3.37.